The first-order valence-electron chi connectivity index (χ1n) is 6.14. The van der Waals surface area contributed by atoms with E-state index >= 15 is 0 Å². The lowest BCUT2D eigenvalue weighted by molar-refractivity contribution is 0.0594. The minimum atomic E-state index is -0.488. The molecule has 6 heteroatoms. The SMILES string of the molecule is COC(=O)c1[nH]c(C(=O)c2ccc(Cl)cc2)c(SC)c1C. The Morgan fingerprint density at radius 2 is 1.81 bits per heavy atom. The summed E-state index contributed by atoms with van der Waals surface area (Å²) in [7, 11) is 1.31. The van der Waals surface area contributed by atoms with Gasteiger partial charge in [-0.1, -0.05) is 11.6 Å². The molecule has 0 aliphatic carbocycles. The highest BCUT2D eigenvalue weighted by molar-refractivity contribution is 7.98. The normalized spacial score (nSPS) is 10.5. The molecule has 0 amide bonds. The fourth-order valence-corrected chi connectivity index (χ4v) is 2.93. The standard InChI is InChI=1S/C15H14ClNO3S/c1-8-11(15(19)20-2)17-12(14(8)21-3)13(18)9-4-6-10(16)7-5-9/h4-7,17H,1-3H3. The predicted molar refractivity (Wildman–Crippen MR) is 83.5 cm³/mol. The maximum Gasteiger partial charge on any atom is 0.354 e. The third kappa shape index (κ3) is 2.99. The van der Waals surface area contributed by atoms with Crippen molar-refractivity contribution >= 4 is 35.1 Å². The van der Waals surface area contributed by atoms with Gasteiger partial charge in [0.1, 0.15) is 11.4 Å². The third-order valence-corrected chi connectivity index (χ3v) is 4.29. The molecule has 0 bridgehead atoms. The monoisotopic (exact) mass is 323 g/mol. The molecule has 0 saturated carbocycles. The molecule has 1 aromatic heterocycles. The highest BCUT2D eigenvalue weighted by Gasteiger charge is 2.24. The summed E-state index contributed by atoms with van der Waals surface area (Å²) >= 11 is 7.24. The van der Waals surface area contributed by atoms with Gasteiger partial charge < -0.3 is 9.72 Å². The highest BCUT2D eigenvalue weighted by atomic mass is 35.5. The quantitative estimate of drug-likeness (QED) is 0.529. The van der Waals surface area contributed by atoms with Crippen LogP contribution in [-0.2, 0) is 4.74 Å². The first-order chi connectivity index (χ1) is 9.99. The van der Waals surface area contributed by atoms with Gasteiger partial charge in [-0.05, 0) is 43.0 Å². The summed E-state index contributed by atoms with van der Waals surface area (Å²) in [5, 5.41) is 0.564. The van der Waals surface area contributed by atoms with E-state index in [-0.39, 0.29) is 5.78 Å². The van der Waals surface area contributed by atoms with Gasteiger partial charge in [0.2, 0.25) is 5.78 Å². The van der Waals surface area contributed by atoms with E-state index in [1.165, 1.54) is 18.9 Å². The number of halogens is 1. The van der Waals surface area contributed by atoms with Gasteiger partial charge in [-0.3, -0.25) is 4.79 Å². The van der Waals surface area contributed by atoms with Gasteiger partial charge in [0.15, 0.2) is 0 Å². The molecule has 0 spiro atoms. The number of nitrogens with one attached hydrogen (secondary N) is 1. The van der Waals surface area contributed by atoms with Gasteiger partial charge in [-0.15, -0.1) is 11.8 Å². The summed E-state index contributed by atoms with van der Waals surface area (Å²) < 4.78 is 4.72. The Bertz CT molecular complexity index is 692. The zero-order valence-corrected chi connectivity index (χ0v) is 13.4. The van der Waals surface area contributed by atoms with Gasteiger partial charge in [-0.2, -0.15) is 0 Å². The molecule has 2 aromatic rings. The molecule has 0 fully saturated rings. The summed E-state index contributed by atoms with van der Waals surface area (Å²) in [5.74, 6) is -0.674. The van der Waals surface area contributed by atoms with Crippen LogP contribution in [0.25, 0.3) is 0 Å². The van der Waals surface area contributed by atoms with Crippen molar-refractivity contribution in [3.63, 3.8) is 0 Å². The topological polar surface area (TPSA) is 59.2 Å². The molecule has 110 valence electrons. The number of benzene rings is 1. The lowest BCUT2D eigenvalue weighted by Crippen LogP contribution is -2.06. The summed E-state index contributed by atoms with van der Waals surface area (Å²) in [4.78, 5) is 27.9. The first kappa shape index (κ1) is 15.7. The zero-order valence-electron chi connectivity index (χ0n) is 11.8. The molecule has 0 aliphatic heterocycles. The van der Waals surface area contributed by atoms with Crippen molar-refractivity contribution in [2.45, 2.75) is 11.8 Å². The zero-order chi connectivity index (χ0) is 15.6. The number of aromatic nitrogens is 1. The number of ketones is 1. The van der Waals surface area contributed by atoms with Crippen LogP contribution in [-0.4, -0.2) is 30.1 Å². The minimum Gasteiger partial charge on any atom is -0.464 e. The summed E-state index contributed by atoms with van der Waals surface area (Å²) in [6.45, 7) is 1.78. The Morgan fingerprint density at radius 1 is 1.19 bits per heavy atom. The van der Waals surface area contributed by atoms with Crippen molar-refractivity contribution < 1.29 is 14.3 Å². The molecule has 0 aliphatic rings. The number of H-pyrrole nitrogens is 1. The van der Waals surface area contributed by atoms with Crippen LogP contribution in [0.5, 0.6) is 0 Å². The second kappa shape index (κ2) is 6.37. The molecule has 0 atom stereocenters. The summed E-state index contributed by atoms with van der Waals surface area (Å²) in [5.41, 5.74) is 1.92. The van der Waals surface area contributed by atoms with E-state index in [0.29, 0.717) is 27.5 Å². The third-order valence-electron chi connectivity index (χ3n) is 3.12. The Labute approximate surface area is 131 Å². The number of carbonyl (C=O) groups is 2. The number of hydrogen-bond acceptors (Lipinski definition) is 4. The van der Waals surface area contributed by atoms with Crippen molar-refractivity contribution in [2.75, 3.05) is 13.4 Å². The number of thioether (sulfide) groups is 1. The molecule has 0 unspecified atom stereocenters. The summed E-state index contributed by atoms with van der Waals surface area (Å²) in [6, 6.07) is 6.63. The van der Waals surface area contributed by atoms with Crippen LogP contribution in [0.3, 0.4) is 0 Å². The first-order valence-corrected chi connectivity index (χ1v) is 7.75. The number of carbonyl (C=O) groups excluding carboxylic acids is 2. The van der Waals surface area contributed by atoms with Crippen LogP contribution in [0.4, 0.5) is 0 Å². The molecule has 21 heavy (non-hydrogen) atoms. The van der Waals surface area contributed by atoms with E-state index in [2.05, 4.69) is 4.98 Å². The maximum absolute atomic E-state index is 12.6. The number of rotatable bonds is 4. The van der Waals surface area contributed by atoms with Gasteiger partial charge in [0.25, 0.3) is 0 Å². The fraction of sp³-hybridized carbons (Fsp3) is 0.200. The second-order valence-electron chi connectivity index (χ2n) is 4.36. The van der Waals surface area contributed by atoms with E-state index in [1.54, 1.807) is 31.2 Å². The van der Waals surface area contributed by atoms with E-state index in [9.17, 15) is 9.59 Å². The Morgan fingerprint density at radius 3 is 2.33 bits per heavy atom. The molecule has 1 aromatic carbocycles. The number of aromatic amines is 1. The molecule has 0 radical (unpaired) electrons. The minimum absolute atomic E-state index is 0.186. The fourth-order valence-electron chi connectivity index (χ4n) is 2.04. The molecule has 2 rings (SSSR count). The lowest BCUT2D eigenvalue weighted by atomic mass is 10.1. The van der Waals surface area contributed by atoms with Crippen LogP contribution in [0.1, 0.15) is 32.1 Å². The number of esters is 1. The van der Waals surface area contributed by atoms with Gasteiger partial charge in [0.05, 0.1) is 7.11 Å². The van der Waals surface area contributed by atoms with Crippen LogP contribution in [0.2, 0.25) is 5.02 Å². The van der Waals surface area contributed by atoms with Crippen LogP contribution in [0.15, 0.2) is 29.2 Å². The van der Waals surface area contributed by atoms with Crippen molar-refractivity contribution in [3.05, 3.63) is 51.8 Å². The smallest absolute Gasteiger partial charge is 0.354 e. The second-order valence-corrected chi connectivity index (χ2v) is 5.61. The van der Waals surface area contributed by atoms with E-state index in [0.717, 1.165) is 4.90 Å². The maximum atomic E-state index is 12.6. The predicted octanol–water partition coefficient (Wildman–Crippen LogP) is 3.72. The lowest BCUT2D eigenvalue weighted by Gasteiger charge is -2.02. The Hall–Kier alpha value is -1.72. The highest BCUT2D eigenvalue weighted by Crippen LogP contribution is 2.29. The van der Waals surface area contributed by atoms with Crippen molar-refractivity contribution in [1.29, 1.82) is 0 Å². The summed E-state index contributed by atoms with van der Waals surface area (Å²) in [6.07, 6.45) is 1.86. The number of hydrogen-bond donors (Lipinski definition) is 1. The molecule has 1 heterocycles. The Kier molecular flexibility index (Phi) is 4.75. The largest absolute Gasteiger partial charge is 0.464 e. The van der Waals surface area contributed by atoms with Gasteiger partial charge in [-0.25, -0.2) is 4.79 Å². The Balaban J connectivity index is 2.50. The van der Waals surface area contributed by atoms with Crippen LogP contribution in [0, 0.1) is 6.92 Å². The van der Waals surface area contributed by atoms with Crippen LogP contribution >= 0.6 is 23.4 Å². The van der Waals surface area contributed by atoms with E-state index in [1.807, 2.05) is 6.26 Å². The van der Waals surface area contributed by atoms with Gasteiger partial charge in [0, 0.05) is 15.5 Å². The average Bonchev–Trinajstić information content (AvgIpc) is 2.83. The average molecular weight is 324 g/mol. The van der Waals surface area contributed by atoms with Crippen molar-refractivity contribution in [3.8, 4) is 0 Å². The van der Waals surface area contributed by atoms with Gasteiger partial charge >= 0.3 is 5.97 Å². The van der Waals surface area contributed by atoms with Crippen molar-refractivity contribution in [2.24, 2.45) is 0 Å². The molecular formula is C15H14ClNO3S. The molecule has 4 nitrogen and oxygen atoms in total. The molecular weight excluding hydrogens is 310 g/mol. The van der Waals surface area contributed by atoms with Crippen LogP contribution < -0.4 is 0 Å². The van der Waals surface area contributed by atoms with E-state index < -0.39 is 5.97 Å². The number of ether oxygens (including phenoxy) is 1. The molecule has 1 N–H and O–H groups in total. The number of methoxy groups -OCH3 is 1. The van der Waals surface area contributed by atoms with E-state index in [4.69, 9.17) is 16.3 Å². The van der Waals surface area contributed by atoms with Crippen molar-refractivity contribution in [1.82, 2.24) is 4.98 Å². The molecule has 0 saturated heterocycles.